The van der Waals surface area contributed by atoms with E-state index < -0.39 is 0 Å². The van der Waals surface area contributed by atoms with Crippen molar-refractivity contribution in [2.24, 2.45) is 5.41 Å². The van der Waals surface area contributed by atoms with Gasteiger partial charge in [0, 0.05) is 19.3 Å². The molecule has 1 aliphatic heterocycles. The fourth-order valence-electron chi connectivity index (χ4n) is 2.14. The van der Waals surface area contributed by atoms with Crippen LogP contribution in [0.3, 0.4) is 0 Å². The molecule has 0 radical (unpaired) electrons. The van der Waals surface area contributed by atoms with Gasteiger partial charge in [-0.2, -0.15) is 0 Å². The van der Waals surface area contributed by atoms with E-state index in [0.29, 0.717) is 5.41 Å². The Morgan fingerprint density at radius 3 is 2.93 bits per heavy atom. The Bertz CT molecular complexity index is 351. The summed E-state index contributed by atoms with van der Waals surface area (Å²) in [5.41, 5.74) is 0.409. The predicted molar refractivity (Wildman–Crippen MR) is 70.0 cm³/mol. The van der Waals surface area contributed by atoms with E-state index >= 15 is 0 Å². The number of rotatable bonds is 1. The molecule has 1 fully saturated rings. The molecule has 0 aliphatic carbocycles. The molecule has 1 aromatic rings. The summed E-state index contributed by atoms with van der Waals surface area (Å²) < 4.78 is 1.15. The molecule has 0 unspecified atom stereocenters. The smallest absolute Gasteiger partial charge is 0.145 e. The quantitative estimate of drug-likeness (QED) is 0.746. The Hall–Kier alpha value is -0.390. The maximum Gasteiger partial charge on any atom is 0.145 e. The molecule has 0 aromatic carbocycles. The second-order valence-electron chi connectivity index (χ2n) is 4.88. The summed E-state index contributed by atoms with van der Waals surface area (Å²) in [6.45, 7) is 6.87. The molecule has 0 bridgehead atoms. The van der Waals surface area contributed by atoms with Crippen molar-refractivity contribution in [2.75, 3.05) is 18.0 Å². The van der Waals surface area contributed by atoms with Crippen molar-refractivity contribution in [3.8, 4) is 0 Å². The monoisotopic (exact) mass is 317 g/mol. The zero-order valence-corrected chi connectivity index (χ0v) is 11.4. The van der Waals surface area contributed by atoms with E-state index in [9.17, 15) is 0 Å². The van der Waals surface area contributed by atoms with Crippen molar-refractivity contribution in [3.05, 3.63) is 16.1 Å². The lowest BCUT2D eigenvalue weighted by Crippen LogP contribution is -2.40. The molecule has 0 atom stereocenters. The van der Waals surface area contributed by atoms with Gasteiger partial charge in [0.15, 0.2) is 0 Å². The highest BCUT2D eigenvalue weighted by atomic mass is 127. The minimum absolute atomic E-state index is 0.409. The molecular formula is C11H16IN3. The molecule has 2 rings (SSSR count). The summed E-state index contributed by atoms with van der Waals surface area (Å²) in [5, 5.41) is 0. The average molecular weight is 317 g/mol. The van der Waals surface area contributed by atoms with Crippen molar-refractivity contribution in [1.82, 2.24) is 9.97 Å². The molecule has 82 valence electrons. The summed E-state index contributed by atoms with van der Waals surface area (Å²) in [6, 6.07) is 0. The summed E-state index contributed by atoms with van der Waals surface area (Å²) in [7, 11) is 0. The average Bonchev–Trinajstić information content (AvgIpc) is 2.17. The molecule has 0 spiro atoms. The van der Waals surface area contributed by atoms with Gasteiger partial charge >= 0.3 is 0 Å². The second-order valence-corrected chi connectivity index (χ2v) is 6.05. The molecule has 0 saturated carbocycles. The standard InChI is InChI=1S/C11H16IN3/c1-11(2)4-3-5-15(7-11)10-9(12)6-13-8-14-10/h6,8H,3-5,7H2,1-2H3. The topological polar surface area (TPSA) is 29.0 Å². The lowest BCUT2D eigenvalue weighted by molar-refractivity contribution is 0.292. The molecule has 1 aromatic heterocycles. The van der Waals surface area contributed by atoms with E-state index in [-0.39, 0.29) is 0 Å². The number of piperidine rings is 1. The van der Waals surface area contributed by atoms with Crippen LogP contribution in [-0.4, -0.2) is 23.1 Å². The highest BCUT2D eigenvalue weighted by Crippen LogP contribution is 2.31. The first-order valence-electron chi connectivity index (χ1n) is 5.29. The Labute approximate surface area is 104 Å². The zero-order chi connectivity index (χ0) is 10.9. The van der Waals surface area contributed by atoms with Crippen molar-refractivity contribution >= 4 is 28.4 Å². The molecule has 3 nitrogen and oxygen atoms in total. The fraction of sp³-hybridized carbons (Fsp3) is 0.636. The maximum absolute atomic E-state index is 4.37. The van der Waals surface area contributed by atoms with Crippen LogP contribution in [0.2, 0.25) is 0 Å². The predicted octanol–water partition coefficient (Wildman–Crippen LogP) is 2.71. The van der Waals surface area contributed by atoms with E-state index in [1.165, 1.54) is 12.8 Å². The SMILES string of the molecule is CC1(C)CCCN(c2ncncc2I)C1. The third-order valence-corrected chi connectivity index (χ3v) is 3.61. The number of hydrogen-bond donors (Lipinski definition) is 0. The van der Waals surface area contributed by atoms with Gasteiger partial charge in [-0.15, -0.1) is 0 Å². The molecule has 2 heterocycles. The van der Waals surface area contributed by atoms with Crippen LogP contribution in [0.15, 0.2) is 12.5 Å². The first-order chi connectivity index (χ1) is 7.08. The van der Waals surface area contributed by atoms with E-state index in [1.54, 1.807) is 6.33 Å². The number of halogens is 1. The van der Waals surface area contributed by atoms with Crippen LogP contribution in [0.25, 0.3) is 0 Å². The molecule has 1 aliphatic rings. The summed E-state index contributed by atoms with van der Waals surface area (Å²) in [6.07, 6.45) is 6.09. The highest BCUT2D eigenvalue weighted by molar-refractivity contribution is 14.1. The van der Waals surface area contributed by atoms with Crippen LogP contribution < -0.4 is 4.90 Å². The minimum atomic E-state index is 0.409. The lowest BCUT2D eigenvalue weighted by Gasteiger charge is -2.38. The molecule has 1 saturated heterocycles. The van der Waals surface area contributed by atoms with Gasteiger partial charge < -0.3 is 4.90 Å². The maximum atomic E-state index is 4.37. The summed E-state index contributed by atoms with van der Waals surface area (Å²) >= 11 is 2.31. The van der Waals surface area contributed by atoms with Gasteiger partial charge in [0.1, 0.15) is 12.1 Å². The molecule has 15 heavy (non-hydrogen) atoms. The summed E-state index contributed by atoms with van der Waals surface area (Å²) in [4.78, 5) is 10.8. The first kappa shape index (κ1) is 11.1. The first-order valence-corrected chi connectivity index (χ1v) is 6.37. The van der Waals surface area contributed by atoms with E-state index in [2.05, 4.69) is 51.3 Å². The Balaban J connectivity index is 2.21. The molecular weight excluding hydrogens is 301 g/mol. The number of nitrogens with zero attached hydrogens (tertiary/aromatic N) is 3. The van der Waals surface area contributed by atoms with Crippen molar-refractivity contribution in [2.45, 2.75) is 26.7 Å². The molecule has 0 amide bonds. The van der Waals surface area contributed by atoms with Gasteiger partial charge in [0.25, 0.3) is 0 Å². The van der Waals surface area contributed by atoms with Gasteiger partial charge in [-0.3, -0.25) is 0 Å². The van der Waals surface area contributed by atoms with E-state index in [1.807, 2.05) is 6.20 Å². The molecule has 0 N–H and O–H groups in total. The normalized spacial score (nSPS) is 20.3. The number of anilines is 1. The van der Waals surface area contributed by atoms with Crippen LogP contribution >= 0.6 is 22.6 Å². The Morgan fingerprint density at radius 2 is 2.27 bits per heavy atom. The highest BCUT2D eigenvalue weighted by Gasteiger charge is 2.27. The van der Waals surface area contributed by atoms with Crippen LogP contribution in [0.1, 0.15) is 26.7 Å². The zero-order valence-electron chi connectivity index (χ0n) is 9.20. The number of aromatic nitrogens is 2. The van der Waals surface area contributed by atoms with Crippen LogP contribution in [0.5, 0.6) is 0 Å². The van der Waals surface area contributed by atoms with Crippen LogP contribution in [-0.2, 0) is 0 Å². The van der Waals surface area contributed by atoms with Crippen molar-refractivity contribution in [1.29, 1.82) is 0 Å². The largest absolute Gasteiger partial charge is 0.355 e. The van der Waals surface area contributed by atoms with E-state index in [0.717, 1.165) is 22.5 Å². The lowest BCUT2D eigenvalue weighted by atomic mass is 9.84. The van der Waals surface area contributed by atoms with E-state index in [4.69, 9.17) is 0 Å². The minimum Gasteiger partial charge on any atom is -0.355 e. The van der Waals surface area contributed by atoms with Crippen molar-refractivity contribution < 1.29 is 0 Å². The number of hydrogen-bond acceptors (Lipinski definition) is 3. The Morgan fingerprint density at radius 1 is 1.47 bits per heavy atom. The van der Waals surface area contributed by atoms with Gasteiger partial charge in [-0.1, -0.05) is 13.8 Å². The van der Waals surface area contributed by atoms with Crippen LogP contribution in [0, 0.1) is 8.99 Å². The van der Waals surface area contributed by atoms with Crippen LogP contribution in [0.4, 0.5) is 5.82 Å². The molecule has 4 heteroatoms. The van der Waals surface area contributed by atoms with Gasteiger partial charge in [0.2, 0.25) is 0 Å². The summed E-state index contributed by atoms with van der Waals surface area (Å²) in [5.74, 6) is 1.10. The van der Waals surface area contributed by atoms with Gasteiger partial charge in [-0.05, 0) is 40.8 Å². The van der Waals surface area contributed by atoms with Gasteiger partial charge in [-0.25, -0.2) is 9.97 Å². The fourth-order valence-corrected chi connectivity index (χ4v) is 2.78. The van der Waals surface area contributed by atoms with Gasteiger partial charge in [0.05, 0.1) is 3.57 Å². The third-order valence-electron chi connectivity index (χ3n) is 2.85. The Kier molecular flexibility index (Phi) is 3.13. The third kappa shape index (κ3) is 2.59. The van der Waals surface area contributed by atoms with Crippen molar-refractivity contribution in [3.63, 3.8) is 0 Å². The second kappa shape index (κ2) is 4.23.